The molecule has 2 aliphatic rings. The molecular formula is C23H25N3O3S2. The summed E-state index contributed by atoms with van der Waals surface area (Å²) >= 11 is 3.00. The van der Waals surface area contributed by atoms with Crippen molar-refractivity contribution in [3.63, 3.8) is 0 Å². The van der Waals surface area contributed by atoms with Gasteiger partial charge in [-0.3, -0.25) is 14.2 Å². The van der Waals surface area contributed by atoms with Crippen molar-refractivity contribution in [2.45, 2.75) is 43.5 Å². The molecule has 1 aliphatic heterocycles. The monoisotopic (exact) mass is 455 g/mol. The van der Waals surface area contributed by atoms with E-state index in [9.17, 15) is 9.59 Å². The lowest BCUT2D eigenvalue weighted by Crippen LogP contribution is -2.44. The van der Waals surface area contributed by atoms with Gasteiger partial charge in [-0.25, -0.2) is 4.98 Å². The van der Waals surface area contributed by atoms with Gasteiger partial charge >= 0.3 is 0 Å². The number of ether oxygens (including phenoxy) is 1. The first kappa shape index (κ1) is 20.7. The second kappa shape index (κ2) is 8.41. The van der Waals surface area contributed by atoms with Crippen molar-refractivity contribution in [1.82, 2.24) is 14.5 Å². The number of hydrogen-bond donors (Lipinski definition) is 0. The Hall–Kier alpha value is -2.16. The largest absolute Gasteiger partial charge is 0.378 e. The van der Waals surface area contributed by atoms with Gasteiger partial charge in [0.25, 0.3) is 5.56 Å². The van der Waals surface area contributed by atoms with Crippen LogP contribution in [0.2, 0.25) is 0 Å². The average Bonchev–Trinajstić information content (AvgIpc) is 3.36. The number of carbonyl (C=O) groups excluding carboxylic acids is 1. The molecule has 3 heterocycles. The van der Waals surface area contributed by atoms with E-state index in [1.54, 1.807) is 15.9 Å². The highest BCUT2D eigenvalue weighted by atomic mass is 32.2. The Morgan fingerprint density at radius 3 is 2.68 bits per heavy atom. The minimum Gasteiger partial charge on any atom is -0.378 e. The van der Waals surface area contributed by atoms with E-state index in [4.69, 9.17) is 9.72 Å². The molecule has 1 aliphatic carbocycles. The summed E-state index contributed by atoms with van der Waals surface area (Å²) in [4.78, 5) is 35.5. The highest BCUT2D eigenvalue weighted by Gasteiger charge is 2.28. The van der Waals surface area contributed by atoms with Gasteiger partial charge in [-0.2, -0.15) is 0 Å². The fraction of sp³-hybridized carbons (Fsp3) is 0.435. The zero-order chi connectivity index (χ0) is 21.5. The fourth-order valence-electron chi connectivity index (χ4n) is 4.27. The van der Waals surface area contributed by atoms with Crippen LogP contribution in [-0.2, 0) is 22.4 Å². The normalized spacial score (nSPS) is 17.2. The molecule has 31 heavy (non-hydrogen) atoms. The third-order valence-corrected chi connectivity index (χ3v) is 8.18. The van der Waals surface area contributed by atoms with Gasteiger partial charge in [-0.15, -0.1) is 11.3 Å². The number of rotatable bonds is 4. The predicted octanol–water partition coefficient (Wildman–Crippen LogP) is 3.58. The lowest BCUT2D eigenvalue weighted by molar-refractivity contribution is -0.134. The van der Waals surface area contributed by atoms with Gasteiger partial charge in [-0.1, -0.05) is 29.5 Å². The number of carbonyl (C=O) groups is 1. The number of morpholine rings is 1. The van der Waals surface area contributed by atoms with Crippen molar-refractivity contribution >= 4 is 39.2 Å². The van der Waals surface area contributed by atoms with E-state index in [0.717, 1.165) is 40.7 Å². The SMILES string of the molecule is Cc1ccc(-n2c(SC(C)C(=O)N3CCOCC3)nc3sc4c(c3c2=O)CCC4)cc1. The molecule has 1 amide bonds. The average molecular weight is 456 g/mol. The Morgan fingerprint density at radius 2 is 1.94 bits per heavy atom. The van der Waals surface area contributed by atoms with Crippen molar-refractivity contribution in [1.29, 1.82) is 0 Å². The Morgan fingerprint density at radius 1 is 1.19 bits per heavy atom. The van der Waals surface area contributed by atoms with E-state index in [0.29, 0.717) is 31.5 Å². The summed E-state index contributed by atoms with van der Waals surface area (Å²) in [6.45, 7) is 6.28. The number of thiophene rings is 1. The predicted molar refractivity (Wildman–Crippen MR) is 125 cm³/mol. The Kier molecular flexibility index (Phi) is 5.62. The van der Waals surface area contributed by atoms with E-state index in [1.165, 1.54) is 22.2 Å². The molecular weight excluding hydrogens is 430 g/mol. The Bertz CT molecular complexity index is 1190. The quantitative estimate of drug-likeness (QED) is 0.444. The smallest absolute Gasteiger partial charge is 0.267 e. The lowest BCUT2D eigenvalue weighted by Gasteiger charge is -2.29. The topological polar surface area (TPSA) is 64.4 Å². The third kappa shape index (κ3) is 3.81. The van der Waals surface area contributed by atoms with Gasteiger partial charge < -0.3 is 9.64 Å². The van der Waals surface area contributed by atoms with Crippen molar-refractivity contribution in [2.75, 3.05) is 26.3 Å². The zero-order valence-corrected chi connectivity index (χ0v) is 19.4. The molecule has 0 bridgehead atoms. The van der Waals surface area contributed by atoms with Gasteiger partial charge in [0.2, 0.25) is 5.91 Å². The van der Waals surface area contributed by atoms with E-state index < -0.39 is 0 Å². The molecule has 5 rings (SSSR count). The van der Waals surface area contributed by atoms with Crippen molar-refractivity contribution in [3.8, 4) is 5.69 Å². The lowest BCUT2D eigenvalue weighted by atomic mass is 10.2. The third-order valence-electron chi connectivity index (χ3n) is 5.95. The zero-order valence-electron chi connectivity index (χ0n) is 17.7. The van der Waals surface area contributed by atoms with Crippen LogP contribution in [-0.4, -0.2) is 51.9 Å². The first-order valence-electron chi connectivity index (χ1n) is 10.7. The molecule has 1 saturated heterocycles. The Balaban J connectivity index is 1.59. The molecule has 0 N–H and O–H groups in total. The minimum absolute atomic E-state index is 0.0261. The van der Waals surface area contributed by atoms with Gasteiger partial charge in [-0.05, 0) is 50.8 Å². The van der Waals surface area contributed by atoms with Crippen LogP contribution in [0.15, 0.2) is 34.2 Å². The molecule has 2 aromatic heterocycles. The Labute approximate surface area is 189 Å². The molecule has 8 heteroatoms. The summed E-state index contributed by atoms with van der Waals surface area (Å²) in [5, 5.41) is 0.996. The van der Waals surface area contributed by atoms with Crippen LogP contribution in [0, 0.1) is 6.92 Å². The van der Waals surface area contributed by atoms with E-state index >= 15 is 0 Å². The second-order valence-corrected chi connectivity index (χ2v) is 10.5. The number of aryl methyl sites for hydroxylation is 3. The van der Waals surface area contributed by atoms with Crippen molar-refractivity contribution in [2.24, 2.45) is 0 Å². The summed E-state index contributed by atoms with van der Waals surface area (Å²) in [6.07, 6.45) is 3.07. The first-order chi connectivity index (χ1) is 15.0. The first-order valence-corrected chi connectivity index (χ1v) is 12.4. The number of nitrogens with zero attached hydrogens (tertiary/aromatic N) is 3. The molecule has 1 fully saturated rings. The van der Waals surface area contributed by atoms with Crippen LogP contribution in [0.5, 0.6) is 0 Å². The van der Waals surface area contributed by atoms with E-state index in [-0.39, 0.29) is 16.7 Å². The maximum atomic E-state index is 13.7. The molecule has 6 nitrogen and oxygen atoms in total. The molecule has 0 radical (unpaired) electrons. The van der Waals surface area contributed by atoms with Crippen molar-refractivity contribution < 1.29 is 9.53 Å². The van der Waals surface area contributed by atoms with Crippen LogP contribution >= 0.6 is 23.1 Å². The van der Waals surface area contributed by atoms with Gasteiger partial charge in [0.05, 0.1) is 29.5 Å². The van der Waals surface area contributed by atoms with Gasteiger partial charge in [0, 0.05) is 18.0 Å². The molecule has 1 aromatic carbocycles. The highest BCUT2D eigenvalue weighted by Crippen LogP contribution is 2.36. The second-order valence-electron chi connectivity index (χ2n) is 8.11. The minimum atomic E-state index is -0.342. The van der Waals surface area contributed by atoms with Crippen LogP contribution < -0.4 is 5.56 Å². The van der Waals surface area contributed by atoms with E-state index in [2.05, 4.69) is 0 Å². The van der Waals surface area contributed by atoms with Crippen LogP contribution in [0.3, 0.4) is 0 Å². The number of fused-ring (bicyclic) bond motifs is 3. The van der Waals surface area contributed by atoms with Crippen LogP contribution in [0.1, 0.15) is 29.3 Å². The number of thioether (sulfide) groups is 1. The maximum Gasteiger partial charge on any atom is 0.267 e. The molecule has 1 unspecified atom stereocenters. The van der Waals surface area contributed by atoms with Gasteiger partial charge in [0.1, 0.15) is 4.83 Å². The number of aromatic nitrogens is 2. The summed E-state index contributed by atoms with van der Waals surface area (Å²) in [7, 11) is 0. The number of hydrogen-bond acceptors (Lipinski definition) is 6. The summed E-state index contributed by atoms with van der Waals surface area (Å²) in [5.74, 6) is 0.0618. The highest BCUT2D eigenvalue weighted by molar-refractivity contribution is 8.00. The van der Waals surface area contributed by atoms with Gasteiger partial charge in [0.15, 0.2) is 5.16 Å². The van der Waals surface area contributed by atoms with E-state index in [1.807, 2.05) is 43.0 Å². The molecule has 0 saturated carbocycles. The molecule has 3 aromatic rings. The maximum absolute atomic E-state index is 13.7. The summed E-state index contributed by atoms with van der Waals surface area (Å²) in [6, 6.07) is 7.91. The summed E-state index contributed by atoms with van der Waals surface area (Å²) < 4.78 is 7.07. The molecule has 162 valence electrons. The fourth-order valence-corrected chi connectivity index (χ4v) is 6.59. The molecule has 1 atom stereocenters. The van der Waals surface area contributed by atoms with Crippen LogP contribution in [0.4, 0.5) is 0 Å². The number of amides is 1. The van der Waals surface area contributed by atoms with Crippen molar-refractivity contribution in [3.05, 3.63) is 50.6 Å². The van der Waals surface area contributed by atoms with Crippen LogP contribution in [0.25, 0.3) is 15.9 Å². The standard InChI is InChI=1S/C23H25N3O3S2/c1-14-6-8-16(9-7-14)26-22(28)19-17-4-3-5-18(17)31-20(19)24-23(26)30-15(2)21(27)25-10-12-29-13-11-25/h6-9,15H,3-5,10-13H2,1-2H3. The summed E-state index contributed by atoms with van der Waals surface area (Å²) in [5.41, 5.74) is 3.07. The number of benzene rings is 1. The molecule has 0 spiro atoms.